The Bertz CT molecular complexity index is 62.9. The quantitative estimate of drug-likeness (QED) is 0.700. The van der Waals surface area contributed by atoms with Gasteiger partial charge in [0, 0.05) is 7.47 Å². The van der Waals surface area contributed by atoms with Crippen molar-refractivity contribution in [1.29, 1.82) is 0 Å². The van der Waals surface area contributed by atoms with Crippen LogP contribution in [0, 0.1) is 5.92 Å². The zero-order valence-corrected chi connectivity index (χ0v) is 11.8. The molecule has 14 heavy (non-hydrogen) atoms. The molecule has 92 valence electrons. The number of unbranched alkanes of at least 4 members (excludes halogenated alkanes) is 1. The third kappa shape index (κ3) is 40.4. The zero-order valence-electron chi connectivity index (χ0n) is 11.8. The lowest BCUT2D eigenvalue weighted by Crippen LogP contribution is -2.26. The van der Waals surface area contributed by atoms with Gasteiger partial charge in [0.1, 0.15) is 0 Å². The van der Waals surface area contributed by atoms with Crippen LogP contribution in [0.25, 0.3) is 0 Å². The van der Waals surface area contributed by atoms with Crippen molar-refractivity contribution in [2.75, 3.05) is 6.54 Å². The molecule has 0 aliphatic carbocycles. The molecule has 0 aromatic carbocycles. The molecule has 1 N–H and O–H groups in total. The molecule has 0 aromatic rings. The molecule has 0 amide bonds. The Morgan fingerprint density at radius 2 is 1.29 bits per heavy atom. The first-order chi connectivity index (χ1) is 6.54. The normalized spacial score (nSPS) is 9.00. The highest BCUT2D eigenvalue weighted by Gasteiger charge is 1.93. The molecule has 1 heteroatoms. The fourth-order valence-electron chi connectivity index (χ4n) is 0.471. The average Bonchev–Trinajstić information content (AvgIpc) is 2.18. The summed E-state index contributed by atoms with van der Waals surface area (Å²) < 4.78 is 0. The number of nitrogens with one attached hydrogen (secondary N) is 1. The third-order valence-electron chi connectivity index (χ3n) is 1.43. The summed E-state index contributed by atoms with van der Waals surface area (Å²) in [4.78, 5) is 0. The Balaban J connectivity index is -0.0000000742. The molecule has 0 fully saturated rings. The molecule has 0 aliphatic rings. The van der Waals surface area contributed by atoms with Gasteiger partial charge < -0.3 is 5.32 Å². The molecule has 0 unspecified atom stereocenters. The first-order valence-corrected chi connectivity index (χ1v) is 6.27. The summed E-state index contributed by atoms with van der Waals surface area (Å²) in [6.07, 6.45) is 2.64. The van der Waals surface area contributed by atoms with Crippen molar-refractivity contribution in [3.8, 4) is 0 Å². The van der Waals surface area contributed by atoms with Gasteiger partial charge in [0.25, 0.3) is 0 Å². The fraction of sp³-hybridized carbons (Fsp3) is 1.00. The standard InChI is InChI=1S/C7H17N.C4H10.C2H6.H2/c1-6(2)5-8-7(3)4;1-3-4-2;1-2;/h6-8H,5H2,1-4H3;3-4H2,1-2H3;1-2H3;1H. The van der Waals surface area contributed by atoms with Crippen LogP contribution in [0.15, 0.2) is 0 Å². The molecule has 0 rings (SSSR count). The summed E-state index contributed by atoms with van der Waals surface area (Å²) >= 11 is 0. The summed E-state index contributed by atoms with van der Waals surface area (Å²) in [6.45, 7) is 18.3. The van der Waals surface area contributed by atoms with Gasteiger partial charge in [0.15, 0.2) is 0 Å². The summed E-state index contributed by atoms with van der Waals surface area (Å²) in [5.74, 6) is 0.775. The largest absolute Gasteiger partial charge is 0.314 e. The monoisotopic (exact) mass is 205 g/mol. The summed E-state index contributed by atoms with van der Waals surface area (Å²) in [5.41, 5.74) is 0. The van der Waals surface area contributed by atoms with Crippen LogP contribution in [0.1, 0.15) is 69.7 Å². The minimum atomic E-state index is 0. The van der Waals surface area contributed by atoms with E-state index in [2.05, 4.69) is 46.9 Å². The highest BCUT2D eigenvalue weighted by atomic mass is 14.9. The Labute approximate surface area is 94.2 Å². The minimum Gasteiger partial charge on any atom is -0.314 e. The van der Waals surface area contributed by atoms with Crippen molar-refractivity contribution in [3.05, 3.63) is 0 Å². The van der Waals surface area contributed by atoms with E-state index in [-0.39, 0.29) is 1.43 Å². The van der Waals surface area contributed by atoms with Crippen LogP contribution in [0.5, 0.6) is 0 Å². The summed E-state index contributed by atoms with van der Waals surface area (Å²) in [5, 5.41) is 3.34. The second kappa shape index (κ2) is 18.7. The molecule has 0 saturated carbocycles. The molecule has 0 aromatic heterocycles. The lowest BCUT2D eigenvalue weighted by atomic mass is 10.2. The van der Waals surface area contributed by atoms with E-state index in [1.807, 2.05) is 13.8 Å². The van der Waals surface area contributed by atoms with E-state index in [4.69, 9.17) is 0 Å². The van der Waals surface area contributed by atoms with Gasteiger partial charge in [0.05, 0.1) is 0 Å². The van der Waals surface area contributed by atoms with Crippen molar-refractivity contribution in [3.63, 3.8) is 0 Å². The molecule has 0 aliphatic heterocycles. The summed E-state index contributed by atoms with van der Waals surface area (Å²) in [7, 11) is 0. The Hall–Kier alpha value is -0.0400. The minimum absolute atomic E-state index is 0. The second-order valence-corrected chi connectivity index (χ2v) is 3.96. The lowest BCUT2D eigenvalue weighted by molar-refractivity contribution is 0.505. The smallest absolute Gasteiger partial charge is 0.00104 e. The van der Waals surface area contributed by atoms with E-state index in [1.54, 1.807) is 0 Å². The topological polar surface area (TPSA) is 12.0 Å². The maximum absolute atomic E-state index is 3.34. The second-order valence-electron chi connectivity index (χ2n) is 3.96. The molecule has 0 bridgehead atoms. The van der Waals surface area contributed by atoms with Gasteiger partial charge in [-0.1, -0.05) is 68.2 Å². The van der Waals surface area contributed by atoms with Gasteiger partial charge in [-0.15, -0.1) is 0 Å². The molecule has 0 spiro atoms. The fourth-order valence-corrected chi connectivity index (χ4v) is 0.471. The molecule has 0 radical (unpaired) electrons. The van der Waals surface area contributed by atoms with Crippen LogP contribution < -0.4 is 5.32 Å². The van der Waals surface area contributed by atoms with Crippen LogP contribution in [0.3, 0.4) is 0 Å². The maximum Gasteiger partial charge on any atom is 0.00104 e. The van der Waals surface area contributed by atoms with Crippen molar-refractivity contribution < 1.29 is 1.43 Å². The van der Waals surface area contributed by atoms with Gasteiger partial charge in [-0.05, 0) is 12.5 Å². The van der Waals surface area contributed by atoms with Crippen LogP contribution in [-0.2, 0) is 0 Å². The predicted octanol–water partition coefficient (Wildman–Crippen LogP) is 4.72. The van der Waals surface area contributed by atoms with Crippen molar-refractivity contribution in [2.45, 2.75) is 74.3 Å². The highest BCUT2D eigenvalue weighted by Crippen LogP contribution is 1.88. The SMILES string of the molecule is CC.CC(C)CNC(C)C.CCCC.[HH]. The van der Waals surface area contributed by atoms with E-state index < -0.39 is 0 Å². The number of hydrogen-bond acceptors (Lipinski definition) is 1. The van der Waals surface area contributed by atoms with Crippen molar-refractivity contribution >= 4 is 0 Å². The lowest BCUT2D eigenvalue weighted by Gasteiger charge is -2.09. The van der Waals surface area contributed by atoms with Crippen LogP contribution in [0.4, 0.5) is 0 Å². The number of rotatable bonds is 4. The van der Waals surface area contributed by atoms with Crippen LogP contribution >= 0.6 is 0 Å². The van der Waals surface area contributed by atoms with Gasteiger partial charge in [0.2, 0.25) is 0 Å². The van der Waals surface area contributed by atoms with Gasteiger partial charge in [-0.2, -0.15) is 0 Å². The van der Waals surface area contributed by atoms with E-state index >= 15 is 0 Å². The van der Waals surface area contributed by atoms with Gasteiger partial charge in [-0.3, -0.25) is 0 Å². The van der Waals surface area contributed by atoms with Crippen LogP contribution in [0.2, 0.25) is 0 Å². The zero-order chi connectivity index (χ0) is 12.0. The van der Waals surface area contributed by atoms with Crippen molar-refractivity contribution in [1.82, 2.24) is 5.32 Å². The Morgan fingerprint density at radius 1 is 0.929 bits per heavy atom. The molecular formula is C13H35N. The first kappa shape index (κ1) is 19.5. The van der Waals surface area contributed by atoms with E-state index in [0.717, 1.165) is 12.5 Å². The first-order valence-electron chi connectivity index (χ1n) is 6.27. The number of hydrogen-bond donors (Lipinski definition) is 1. The van der Waals surface area contributed by atoms with E-state index in [0.29, 0.717) is 6.04 Å². The van der Waals surface area contributed by atoms with Crippen LogP contribution in [-0.4, -0.2) is 12.6 Å². The van der Waals surface area contributed by atoms with E-state index in [1.165, 1.54) is 12.8 Å². The molecular weight excluding hydrogens is 170 g/mol. The Morgan fingerprint density at radius 3 is 1.36 bits per heavy atom. The molecule has 1 nitrogen and oxygen atoms in total. The van der Waals surface area contributed by atoms with E-state index in [9.17, 15) is 0 Å². The maximum atomic E-state index is 3.34. The van der Waals surface area contributed by atoms with Crippen molar-refractivity contribution in [2.24, 2.45) is 5.92 Å². The Kier molecular flexibility index (Phi) is 26.1. The predicted molar refractivity (Wildman–Crippen MR) is 72.0 cm³/mol. The highest BCUT2D eigenvalue weighted by molar-refractivity contribution is 4.54. The van der Waals surface area contributed by atoms with Gasteiger partial charge in [-0.25, -0.2) is 0 Å². The summed E-state index contributed by atoms with van der Waals surface area (Å²) in [6, 6.07) is 0.636. The van der Waals surface area contributed by atoms with Gasteiger partial charge >= 0.3 is 0 Å². The molecule has 0 saturated heterocycles. The molecule has 0 heterocycles. The average molecular weight is 205 g/mol. The molecule has 0 atom stereocenters. The third-order valence-corrected chi connectivity index (χ3v) is 1.43.